The van der Waals surface area contributed by atoms with E-state index in [0.717, 1.165) is 67.4 Å². The lowest BCUT2D eigenvalue weighted by Gasteiger charge is -2.42. The first-order chi connectivity index (χ1) is 38.4. The molecule has 0 spiro atoms. The minimum absolute atomic E-state index is 0.00422. The number of nitrogens with zero attached hydrogens (tertiary/aromatic N) is 4. The van der Waals surface area contributed by atoms with Gasteiger partial charge in [0.15, 0.2) is 14.5 Å². The van der Waals surface area contributed by atoms with E-state index in [1.807, 2.05) is 72.4 Å². The Morgan fingerprint density at radius 2 is 1.54 bits per heavy atom. The van der Waals surface area contributed by atoms with Crippen molar-refractivity contribution >= 4 is 46.4 Å². The quantitative estimate of drug-likeness (QED) is 0.0122. The van der Waals surface area contributed by atoms with Crippen LogP contribution in [-0.4, -0.2) is 121 Å². The van der Waals surface area contributed by atoms with Gasteiger partial charge in [-0.05, 0) is 106 Å². The molecule has 8 atom stereocenters. The van der Waals surface area contributed by atoms with Crippen molar-refractivity contribution in [1.82, 2.24) is 30.2 Å². The van der Waals surface area contributed by atoms with Crippen molar-refractivity contribution in [1.29, 1.82) is 5.26 Å². The van der Waals surface area contributed by atoms with Gasteiger partial charge in [0.25, 0.3) is 8.53 Å². The minimum Gasteiger partial charge on any atom is -0.497 e. The molecule has 80 heavy (non-hydrogen) atoms. The maximum atomic E-state index is 14.5. The van der Waals surface area contributed by atoms with E-state index in [2.05, 4.69) is 123 Å². The van der Waals surface area contributed by atoms with Gasteiger partial charge >= 0.3 is 11.7 Å². The van der Waals surface area contributed by atoms with Crippen molar-refractivity contribution in [3.05, 3.63) is 124 Å². The summed E-state index contributed by atoms with van der Waals surface area (Å²) in [6.07, 6.45) is 5.38. The van der Waals surface area contributed by atoms with Crippen LogP contribution in [0.2, 0.25) is 18.1 Å². The number of benzene rings is 3. The number of urea groups is 1. The number of anilines is 1. The van der Waals surface area contributed by atoms with E-state index in [1.54, 1.807) is 19.4 Å². The Hall–Kier alpha value is -4.87. The van der Waals surface area contributed by atoms with Crippen LogP contribution in [0.4, 0.5) is 10.6 Å². The Morgan fingerprint density at radius 1 is 0.887 bits per heavy atom. The summed E-state index contributed by atoms with van der Waals surface area (Å²) in [6, 6.07) is 32.5. The molecule has 7 rings (SSSR count). The molecule has 3 fully saturated rings. The van der Waals surface area contributed by atoms with Crippen LogP contribution < -0.4 is 31.7 Å². The first-order valence-electron chi connectivity index (χ1n) is 28.6. The topological polar surface area (TPSA) is 200 Å². The number of carbonyl (C=O) groups excluding carboxylic acids is 2. The first-order valence-corrected chi connectivity index (χ1v) is 33.7. The highest BCUT2D eigenvalue weighted by Gasteiger charge is 2.54. The number of nitrogens with one attached hydrogen (secondary N) is 4. The smallest absolute Gasteiger partial charge is 0.351 e. The Morgan fingerprint density at radius 3 is 2.15 bits per heavy atom. The van der Waals surface area contributed by atoms with Crippen LogP contribution >= 0.6 is 20.3 Å². The Balaban J connectivity index is 1.09. The summed E-state index contributed by atoms with van der Waals surface area (Å²) >= 11 is 1.90. The lowest BCUT2D eigenvalue weighted by Crippen LogP contribution is -2.50. The van der Waals surface area contributed by atoms with Crippen LogP contribution in [0.1, 0.15) is 129 Å². The molecule has 20 heteroatoms. The fourth-order valence-electron chi connectivity index (χ4n) is 10.5. The third kappa shape index (κ3) is 16.0. The number of hydrogen-bond donors (Lipinski definition) is 4. The molecule has 1 unspecified atom stereocenters. The number of amides is 3. The fourth-order valence-corrected chi connectivity index (χ4v) is 15.1. The number of fused-ring (bicyclic) bond motifs is 1. The van der Waals surface area contributed by atoms with Crippen molar-refractivity contribution in [2.24, 2.45) is 0 Å². The summed E-state index contributed by atoms with van der Waals surface area (Å²) in [4.78, 5) is 43.3. The van der Waals surface area contributed by atoms with Gasteiger partial charge in [0.05, 0.1) is 44.9 Å². The van der Waals surface area contributed by atoms with Gasteiger partial charge in [0.2, 0.25) is 5.91 Å². The molecule has 3 saturated heterocycles. The highest BCUT2D eigenvalue weighted by Crippen LogP contribution is 2.52. The second kappa shape index (κ2) is 29.4. The number of unbranched alkanes of at least 4 members (excludes halogenated alkanes) is 4. The largest absolute Gasteiger partial charge is 0.497 e. The van der Waals surface area contributed by atoms with Crippen molar-refractivity contribution in [2.45, 2.75) is 184 Å². The van der Waals surface area contributed by atoms with E-state index in [4.69, 9.17) is 27.7 Å². The molecule has 4 heterocycles. The molecular weight excluding hydrogens is 1070 g/mol. The summed E-state index contributed by atoms with van der Waals surface area (Å²) in [5.41, 5.74) is 1.00. The van der Waals surface area contributed by atoms with E-state index in [9.17, 15) is 19.6 Å². The molecule has 17 nitrogen and oxygen atoms in total. The number of hydrogen-bond acceptors (Lipinski definition) is 14. The van der Waals surface area contributed by atoms with E-state index >= 15 is 0 Å². The molecule has 0 radical (unpaired) electrons. The van der Waals surface area contributed by atoms with Gasteiger partial charge in [-0.15, -0.1) is 0 Å². The number of nitriles is 1. The number of carbonyl (C=O) groups is 2. The summed E-state index contributed by atoms with van der Waals surface area (Å²) in [5, 5.41) is 22.3. The zero-order chi connectivity index (χ0) is 57.5. The van der Waals surface area contributed by atoms with Crippen molar-refractivity contribution in [2.75, 3.05) is 44.5 Å². The number of aromatic nitrogens is 2. The number of thioether (sulfide) groups is 1. The average molecular weight is 1160 g/mol. The first kappa shape index (κ1) is 62.7. The molecule has 0 bridgehead atoms. The van der Waals surface area contributed by atoms with E-state index in [1.165, 1.54) is 4.57 Å². The SMILES string of the molecule is COc1ccc(C(OC[C@H]2O[C@@H](n3ccc(NCCCCCCNC(=O)CCCC[C@@H]4SC[C@@H]5NC(=O)N[C@@H]54)nc3=O)[C@H](O[Si](C)(C)C(C)(C)C)[C@@H]2OP(OCCC#N)N(C(C)C)C(C)C)(c2ccccc2)c2ccccc2)cc1. The van der Waals surface area contributed by atoms with Crippen LogP contribution in [0.15, 0.2) is 102 Å². The normalized spacial score (nSPS) is 21.6. The lowest BCUT2D eigenvalue weighted by molar-refractivity contribution is -0.121. The average Bonchev–Trinajstić information content (AvgIpc) is 4.26. The predicted octanol–water partition coefficient (Wildman–Crippen LogP) is 11.0. The van der Waals surface area contributed by atoms with Crippen molar-refractivity contribution in [3.8, 4) is 11.8 Å². The van der Waals surface area contributed by atoms with E-state index < -0.39 is 52.7 Å². The summed E-state index contributed by atoms with van der Waals surface area (Å²) in [7, 11) is -2.84. The molecule has 4 N–H and O–H groups in total. The maximum Gasteiger partial charge on any atom is 0.351 e. The third-order valence-electron chi connectivity index (χ3n) is 15.6. The standard InChI is InChI=1S/C60H87N8O9PSSi/c1-42(2)68(43(3)4)78(74-39-23-35-61)76-54-49(40-73-60(44-24-15-13-16-25-44,45-26-17-14-18-27-45)46-30-32-47(72-8)33-31-46)75-56(55(54)77-80(9,10)59(5,6)7)67-38-34-51(65-58(67)71)62-36-21-11-12-22-37-63-52(69)29-20-19-28-50-53-48(41-79-50)64-57(70)66-53/h13-18,24-27,30-34,38,42-43,48-50,53-56H,11-12,19-23,28-29,36-37,39-41H2,1-10H3,(H,63,69)(H,62,65,71)(H2,64,66,70)/t48-,49+,50-,53-,54+,55+,56+,78?/m0/s1. The van der Waals surface area contributed by atoms with Gasteiger partial charge in [-0.25, -0.2) is 14.3 Å². The molecule has 3 aliphatic rings. The monoisotopic (exact) mass is 1150 g/mol. The third-order valence-corrected chi connectivity index (χ3v) is 23.7. The zero-order valence-corrected chi connectivity index (χ0v) is 51.4. The highest BCUT2D eigenvalue weighted by atomic mass is 32.2. The molecule has 3 aliphatic heterocycles. The van der Waals surface area contributed by atoms with Gasteiger partial charge in [-0.1, -0.05) is 113 Å². The lowest BCUT2D eigenvalue weighted by atomic mass is 9.80. The van der Waals surface area contributed by atoms with Gasteiger partial charge in [0, 0.05) is 48.8 Å². The molecule has 3 aromatic carbocycles. The molecule has 0 aliphatic carbocycles. The van der Waals surface area contributed by atoms with Crippen molar-refractivity contribution < 1.29 is 37.3 Å². The number of ether oxygens (including phenoxy) is 3. The second-order valence-corrected chi connectivity index (χ2v) is 30.5. The van der Waals surface area contributed by atoms with Gasteiger partial charge in [0.1, 0.15) is 35.5 Å². The number of methoxy groups -OCH3 is 1. The summed E-state index contributed by atoms with van der Waals surface area (Å²) in [6.45, 7) is 20.7. The second-order valence-electron chi connectivity index (χ2n) is 23.0. The minimum atomic E-state index is -2.66. The van der Waals surface area contributed by atoms with Crippen LogP contribution in [0, 0.1) is 11.3 Å². The van der Waals surface area contributed by atoms with Crippen LogP contribution in [0.5, 0.6) is 5.75 Å². The van der Waals surface area contributed by atoms with Gasteiger partial charge < -0.3 is 49.0 Å². The van der Waals surface area contributed by atoms with E-state index in [-0.39, 0.29) is 60.8 Å². The summed E-state index contributed by atoms with van der Waals surface area (Å²) < 4.78 is 45.4. The number of rotatable bonds is 31. The van der Waals surface area contributed by atoms with Gasteiger partial charge in [-0.2, -0.15) is 22.0 Å². The Kier molecular flexibility index (Phi) is 23.0. The molecule has 1 aromatic heterocycles. The Labute approximate surface area is 481 Å². The van der Waals surface area contributed by atoms with Crippen LogP contribution in [0.3, 0.4) is 0 Å². The van der Waals surface area contributed by atoms with Crippen LogP contribution in [-0.2, 0) is 33.3 Å². The molecule has 4 aromatic rings. The van der Waals surface area contributed by atoms with Crippen molar-refractivity contribution in [3.63, 3.8) is 0 Å². The predicted molar refractivity (Wildman–Crippen MR) is 320 cm³/mol. The Bertz CT molecular complexity index is 2630. The highest BCUT2D eigenvalue weighted by molar-refractivity contribution is 8.00. The molecule has 3 amide bonds. The van der Waals surface area contributed by atoms with Crippen LogP contribution in [0.25, 0.3) is 0 Å². The maximum absolute atomic E-state index is 14.5. The molecular formula is C60H87N8O9PSSi. The molecule has 0 saturated carbocycles. The van der Waals surface area contributed by atoms with E-state index in [0.29, 0.717) is 36.3 Å². The summed E-state index contributed by atoms with van der Waals surface area (Å²) in [5.74, 6) is 2.19. The molecule has 436 valence electrons. The fraction of sp³-hybridized carbons (Fsp3) is 0.583. The zero-order valence-electron chi connectivity index (χ0n) is 48.7. The van der Waals surface area contributed by atoms with Gasteiger partial charge in [-0.3, -0.25) is 9.36 Å².